The quantitative estimate of drug-likeness (QED) is 0.621. The van der Waals surface area contributed by atoms with Gasteiger partial charge >= 0.3 is 5.97 Å². The number of amides is 2. The Labute approximate surface area is 174 Å². The van der Waals surface area contributed by atoms with Gasteiger partial charge in [0.05, 0.1) is 0 Å². The minimum Gasteiger partial charge on any atom is -0.482 e. The summed E-state index contributed by atoms with van der Waals surface area (Å²) in [4.78, 5) is 38.8. The average Bonchev–Trinajstić information content (AvgIpc) is 3.18. The van der Waals surface area contributed by atoms with Crippen LogP contribution in [0.2, 0.25) is 0 Å². The summed E-state index contributed by atoms with van der Waals surface area (Å²) in [6, 6.07) is 12.7. The third-order valence-corrected chi connectivity index (χ3v) is 4.69. The number of hydrogen-bond acceptors (Lipinski definition) is 5. The molecular weight excluding hydrogens is 391 g/mol. The second-order valence-corrected chi connectivity index (χ2v) is 6.97. The van der Waals surface area contributed by atoms with Gasteiger partial charge in [0.25, 0.3) is 5.91 Å². The van der Waals surface area contributed by atoms with Crippen molar-refractivity contribution in [3.05, 3.63) is 59.9 Å². The van der Waals surface area contributed by atoms with Gasteiger partial charge in [-0.15, -0.1) is 0 Å². The number of halogens is 1. The molecule has 1 heterocycles. The fourth-order valence-corrected chi connectivity index (χ4v) is 3.03. The Morgan fingerprint density at radius 1 is 1.07 bits per heavy atom. The first kappa shape index (κ1) is 21.3. The first-order chi connectivity index (χ1) is 14.4. The van der Waals surface area contributed by atoms with Gasteiger partial charge in [-0.3, -0.25) is 9.59 Å². The van der Waals surface area contributed by atoms with Crippen molar-refractivity contribution < 1.29 is 28.2 Å². The molecule has 1 fully saturated rings. The molecule has 8 heteroatoms. The Bertz CT molecular complexity index is 899. The van der Waals surface area contributed by atoms with Crippen molar-refractivity contribution in [1.82, 2.24) is 4.90 Å². The van der Waals surface area contributed by atoms with E-state index in [9.17, 15) is 18.8 Å². The van der Waals surface area contributed by atoms with E-state index in [0.717, 1.165) is 17.7 Å². The highest BCUT2D eigenvalue weighted by Crippen LogP contribution is 2.23. The van der Waals surface area contributed by atoms with Crippen molar-refractivity contribution in [3.63, 3.8) is 0 Å². The van der Waals surface area contributed by atoms with E-state index in [1.165, 1.54) is 17.0 Å². The van der Waals surface area contributed by atoms with E-state index >= 15 is 0 Å². The predicted molar refractivity (Wildman–Crippen MR) is 107 cm³/mol. The molecule has 3 rings (SSSR count). The molecule has 0 radical (unpaired) electrons. The molecule has 0 unspecified atom stereocenters. The summed E-state index contributed by atoms with van der Waals surface area (Å²) >= 11 is 0. The number of rotatable bonds is 8. The van der Waals surface area contributed by atoms with Crippen LogP contribution in [0.1, 0.15) is 18.4 Å². The maximum atomic E-state index is 12.9. The lowest BCUT2D eigenvalue weighted by molar-refractivity contribution is -0.153. The van der Waals surface area contributed by atoms with Crippen LogP contribution in [0, 0.1) is 5.82 Å². The molecule has 1 saturated heterocycles. The summed E-state index contributed by atoms with van der Waals surface area (Å²) in [5.74, 6) is -0.839. The Kier molecular flexibility index (Phi) is 7.00. The molecule has 0 spiro atoms. The van der Waals surface area contributed by atoms with Crippen molar-refractivity contribution in [2.45, 2.75) is 19.4 Å². The van der Waals surface area contributed by atoms with Crippen LogP contribution in [0.25, 0.3) is 0 Å². The van der Waals surface area contributed by atoms with E-state index in [1.807, 2.05) is 0 Å². The Hall–Kier alpha value is -3.42. The molecular formula is C22H23FN2O5. The van der Waals surface area contributed by atoms with E-state index in [2.05, 4.69) is 0 Å². The second kappa shape index (κ2) is 9.87. The molecule has 0 saturated carbocycles. The summed E-state index contributed by atoms with van der Waals surface area (Å²) in [5, 5.41) is 0. The fraction of sp³-hybridized carbons (Fsp3) is 0.318. The highest BCUT2D eigenvalue weighted by Gasteiger charge is 2.21. The van der Waals surface area contributed by atoms with Crippen LogP contribution >= 0.6 is 0 Å². The first-order valence-corrected chi connectivity index (χ1v) is 9.59. The van der Waals surface area contributed by atoms with E-state index < -0.39 is 12.6 Å². The topological polar surface area (TPSA) is 76.2 Å². The minimum absolute atomic E-state index is 0.0984. The third kappa shape index (κ3) is 5.79. The minimum atomic E-state index is -0.669. The zero-order valence-corrected chi connectivity index (χ0v) is 16.7. The van der Waals surface area contributed by atoms with Crippen LogP contribution in [-0.2, 0) is 25.7 Å². The van der Waals surface area contributed by atoms with Crippen molar-refractivity contribution in [1.29, 1.82) is 0 Å². The molecule has 158 valence electrons. The molecule has 1 aliphatic heterocycles. The molecule has 0 atom stereocenters. The number of esters is 1. The molecule has 7 nitrogen and oxygen atoms in total. The van der Waals surface area contributed by atoms with Gasteiger partial charge in [-0.1, -0.05) is 12.1 Å². The van der Waals surface area contributed by atoms with Crippen LogP contribution < -0.4 is 9.64 Å². The summed E-state index contributed by atoms with van der Waals surface area (Å²) in [6.45, 7) is 0.237. The Balaban J connectivity index is 1.39. The molecule has 1 aliphatic rings. The third-order valence-electron chi connectivity index (χ3n) is 4.69. The highest BCUT2D eigenvalue weighted by atomic mass is 19.1. The maximum Gasteiger partial charge on any atom is 0.344 e. The zero-order chi connectivity index (χ0) is 21.5. The van der Waals surface area contributed by atoms with Gasteiger partial charge < -0.3 is 19.3 Å². The monoisotopic (exact) mass is 414 g/mol. The van der Waals surface area contributed by atoms with Gasteiger partial charge in [-0.05, 0) is 48.4 Å². The zero-order valence-electron chi connectivity index (χ0n) is 16.7. The van der Waals surface area contributed by atoms with Crippen molar-refractivity contribution in [2.24, 2.45) is 0 Å². The average molecular weight is 414 g/mol. The van der Waals surface area contributed by atoms with E-state index in [0.29, 0.717) is 18.7 Å². The van der Waals surface area contributed by atoms with Crippen LogP contribution in [0.15, 0.2) is 48.5 Å². The number of anilines is 1. The van der Waals surface area contributed by atoms with Gasteiger partial charge in [0.1, 0.15) is 11.6 Å². The smallest absolute Gasteiger partial charge is 0.344 e. The molecule has 0 bridgehead atoms. The standard InChI is InChI=1S/C22H23FN2O5/c1-24(13-16-4-6-17(23)7-5-16)21(27)14-30-22(28)15-29-19-10-8-18(9-11-19)25-12-2-3-20(25)26/h4-11H,2-3,12-15H2,1H3. The van der Waals surface area contributed by atoms with E-state index in [1.54, 1.807) is 48.3 Å². The van der Waals surface area contributed by atoms with Crippen LogP contribution in [0.5, 0.6) is 5.75 Å². The van der Waals surface area contributed by atoms with Gasteiger partial charge in [0, 0.05) is 32.2 Å². The molecule has 2 aromatic carbocycles. The largest absolute Gasteiger partial charge is 0.482 e. The van der Waals surface area contributed by atoms with Gasteiger partial charge in [0.15, 0.2) is 13.2 Å². The lowest BCUT2D eigenvalue weighted by atomic mass is 10.2. The number of carbonyl (C=O) groups excluding carboxylic acids is 3. The normalized spacial score (nSPS) is 13.3. The van der Waals surface area contributed by atoms with Gasteiger partial charge in [0.2, 0.25) is 5.91 Å². The highest BCUT2D eigenvalue weighted by molar-refractivity contribution is 5.95. The number of likely N-dealkylation sites (N-methyl/N-ethyl adjacent to an activating group) is 1. The van der Waals surface area contributed by atoms with Gasteiger partial charge in [-0.25, -0.2) is 9.18 Å². The molecule has 0 aliphatic carbocycles. The SMILES string of the molecule is CN(Cc1ccc(F)cc1)C(=O)COC(=O)COc1ccc(N2CCCC2=O)cc1. The van der Waals surface area contributed by atoms with Crippen molar-refractivity contribution in [3.8, 4) is 5.75 Å². The predicted octanol–water partition coefficient (Wildman–Crippen LogP) is 2.53. The summed E-state index contributed by atoms with van der Waals surface area (Å²) in [6.07, 6.45) is 1.41. The summed E-state index contributed by atoms with van der Waals surface area (Å²) in [7, 11) is 1.57. The van der Waals surface area contributed by atoms with Crippen LogP contribution in [-0.4, -0.2) is 49.5 Å². The fourth-order valence-electron chi connectivity index (χ4n) is 3.03. The molecule has 2 aromatic rings. The van der Waals surface area contributed by atoms with Crippen LogP contribution in [0.3, 0.4) is 0 Å². The maximum absolute atomic E-state index is 12.9. The number of nitrogens with zero attached hydrogens (tertiary/aromatic N) is 2. The Morgan fingerprint density at radius 3 is 2.40 bits per heavy atom. The first-order valence-electron chi connectivity index (χ1n) is 9.59. The summed E-state index contributed by atoms with van der Waals surface area (Å²) in [5.41, 5.74) is 1.56. The molecule has 0 N–H and O–H groups in total. The summed E-state index contributed by atoms with van der Waals surface area (Å²) < 4.78 is 23.3. The molecule has 0 aromatic heterocycles. The number of hydrogen-bond donors (Lipinski definition) is 0. The van der Waals surface area contributed by atoms with Gasteiger partial charge in [-0.2, -0.15) is 0 Å². The molecule has 2 amide bonds. The lowest BCUT2D eigenvalue weighted by Gasteiger charge is -2.17. The Morgan fingerprint density at radius 2 is 1.77 bits per heavy atom. The van der Waals surface area contributed by atoms with Crippen molar-refractivity contribution in [2.75, 3.05) is 31.7 Å². The van der Waals surface area contributed by atoms with E-state index in [-0.39, 0.29) is 30.8 Å². The molecule has 30 heavy (non-hydrogen) atoms. The van der Waals surface area contributed by atoms with E-state index in [4.69, 9.17) is 9.47 Å². The number of carbonyl (C=O) groups is 3. The second-order valence-electron chi connectivity index (χ2n) is 6.97. The van der Waals surface area contributed by atoms with Crippen LogP contribution in [0.4, 0.5) is 10.1 Å². The number of benzene rings is 2. The lowest BCUT2D eigenvalue weighted by Crippen LogP contribution is -2.31. The van der Waals surface area contributed by atoms with Crippen molar-refractivity contribution >= 4 is 23.5 Å². The number of ether oxygens (including phenoxy) is 2.